The molecule has 1 aliphatic rings. The highest BCUT2D eigenvalue weighted by Crippen LogP contribution is 2.43. The quantitative estimate of drug-likeness (QED) is 0.823. The third-order valence-electron chi connectivity index (χ3n) is 4.47. The third kappa shape index (κ3) is 2.97. The molecule has 0 aromatic heterocycles. The van der Waals surface area contributed by atoms with Crippen LogP contribution in [-0.4, -0.2) is 20.0 Å². The number of hydrogen-bond donors (Lipinski definition) is 0. The summed E-state index contributed by atoms with van der Waals surface area (Å²) in [5.74, 6) is 1.92. The topological polar surface area (TPSA) is 35.5 Å². The highest BCUT2D eigenvalue weighted by Gasteiger charge is 2.38. The predicted octanol–water partition coefficient (Wildman–Crippen LogP) is 3.64. The van der Waals surface area contributed by atoms with Gasteiger partial charge in [-0.25, -0.2) is 0 Å². The van der Waals surface area contributed by atoms with Crippen LogP contribution in [0.25, 0.3) is 0 Å². The maximum atomic E-state index is 12.5. The number of carbonyl (C=O) groups is 1. The lowest BCUT2D eigenvalue weighted by Gasteiger charge is -2.25. The highest BCUT2D eigenvalue weighted by molar-refractivity contribution is 5.84. The average molecular weight is 276 g/mol. The molecule has 1 aromatic rings. The summed E-state index contributed by atoms with van der Waals surface area (Å²) in [6, 6.07) is 5.71. The van der Waals surface area contributed by atoms with E-state index in [4.69, 9.17) is 9.47 Å². The van der Waals surface area contributed by atoms with Crippen molar-refractivity contribution >= 4 is 5.78 Å². The zero-order chi connectivity index (χ0) is 14.8. The standard InChI is InChI=1S/C17H24O3/c1-17(2)9-5-6-13(17)14(18)10-12-7-8-15(19-3)16(11-12)20-4/h7-8,11,13H,5-6,9-10H2,1-4H3. The molecule has 1 fully saturated rings. The highest BCUT2D eigenvalue weighted by atomic mass is 16.5. The van der Waals surface area contributed by atoms with E-state index < -0.39 is 0 Å². The number of rotatable bonds is 5. The summed E-state index contributed by atoms with van der Waals surface area (Å²) in [4.78, 5) is 12.5. The SMILES string of the molecule is COc1ccc(CC(=O)C2CCCC2(C)C)cc1OC. The Bertz CT molecular complexity index is 491. The Morgan fingerprint density at radius 1 is 1.25 bits per heavy atom. The fourth-order valence-electron chi connectivity index (χ4n) is 3.24. The van der Waals surface area contributed by atoms with Crippen molar-refractivity contribution in [1.29, 1.82) is 0 Å². The fourth-order valence-corrected chi connectivity index (χ4v) is 3.24. The van der Waals surface area contributed by atoms with Gasteiger partial charge in [-0.2, -0.15) is 0 Å². The molecule has 110 valence electrons. The van der Waals surface area contributed by atoms with Crippen molar-refractivity contribution in [2.45, 2.75) is 39.5 Å². The Hall–Kier alpha value is -1.51. The molecular formula is C17H24O3. The van der Waals surface area contributed by atoms with Gasteiger partial charge >= 0.3 is 0 Å². The number of Topliss-reactive ketones (excluding diaryl/α,β-unsaturated/α-hetero) is 1. The molecule has 0 N–H and O–H groups in total. The summed E-state index contributed by atoms with van der Waals surface area (Å²) in [5.41, 5.74) is 1.14. The monoisotopic (exact) mass is 276 g/mol. The zero-order valence-corrected chi connectivity index (χ0v) is 12.9. The summed E-state index contributed by atoms with van der Waals surface area (Å²) in [5, 5.41) is 0. The van der Waals surface area contributed by atoms with E-state index in [1.165, 1.54) is 0 Å². The lowest BCUT2D eigenvalue weighted by molar-refractivity contribution is -0.124. The Morgan fingerprint density at radius 3 is 2.50 bits per heavy atom. The third-order valence-corrected chi connectivity index (χ3v) is 4.47. The smallest absolute Gasteiger partial charge is 0.161 e. The van der Waals surface area contributed by atoms with Gasteiger partial charge in [-0.1, -0.05) is 26.3 Å². The Kier molecular flexibility index (Phi) is 4.36. The van der Waals surface area contributed by atoms with Gasteiger partial charge in [0.2, 0.25) is 0 Å². The van der Waals surface area contributed by atoms with Gasteiger partial charge in [-0.05, 0) is 36.0 Å². The molecule has 0 heterocycles. The van der Waals surface area contributed by atoms with Gasteiger partial charge in [0.05, 0.1) is 14.2 Å². The van der Waals surface area contributed by atoms with E-state index in [2.05, 4.69) is 13.8 Å². The molecule has 1 unspecified atom stereocenters. The minimum atomic E-state index is 0.146. The van der Waals surface area contributed by atoms with Crippen LogP contribution < -0.4 is 9.47 Å². The van der Waals surface area contributed by atoms with E-state index in [-0.39, 0.29) is 11.3 Å². The molecule has 1 saturated carbocycles. The van der Waals surface area contributed by atoms with Crippen molar-refractivity contribution in [3.63, 3.8) is 0 Å². The second-order valence-electron chi connectivity index (χ2n) is 6.27. The molecule has 0 saturated heterocycles. The molecule has 1 aromatic carbocycles. The maximum Gasteiger partial charge on any atom is 0.161 e. The van der Waals surface area contributed by atoms with E-state index in [1.54, 1.807) is 14.2 Å². The summed E-state index contributed by atoms with van der Waals surface area (Å²) >= 11 is 0. The number of benzene rings is 1. The van der Waals surface area contributed by atoms with Crippen molar-refractivity contribution in [3.05, 3.63) is 23.8 Å². The van der Waals surface area contributed by atoms with Crippen LogP contribution in [0.3, 0.4) is 0 Å². The molecular weight excluding hydrogens is 252 g/mol. The second kappa shape index (κ2) is 5.86. The summed E-state index contributed by atoms with van der Waals surface area (Å²) in [6.45, 7) is 4.41. The van der Waals surface area contributed by atoms with Gasteiger partial charge in [-0.3, -0.25) is 4.79 Å². The summed E-state index contributed by atoms with van der Waals surface area (Å²) in [6.07, 6.45) is 3.82. The largest absolute Gasteiger partial charge is 0.493 e. The normalized spacial score (nSPS) is 20.7. The first-order chi connectivity index (χ1) is 9.47. The summed E-state index contributed by atoms with van der Waals surface area (Å²) < 4.78 is 10.5. The van der Waals surface area contributed by atoms with Crippen molar-refractivity contribution < 1.29 is 14.3 Å². The Balaban J connectivity index is 2.12. The van der Waals surface area contributed by atoms with Crippen LogP contribution in [0.2, 0.25) is 0 Å². The lowest BCUT2D eigenvalue weighted by Crippen LogP contribution is -2.27. The van der Waals surface area contributed by atoms with Crippen molar-refractivity contribution in [1.82, 2.24) is 0 Å². The minimum Gasteiger partial charge on any atom is -0.493 e. The molecule has 2 rings (SSSR count). The number of hydrogen-bond acceptors (Lipinski definition) is 3. The van der Waals surface area contributed by atoms with E-state index in [0.717, 1.165) is 24.8 Å². The van der Waals surface area contributed by atoms with Crippen molar-refractivity contribution in [2.24, 2.45) is 11.3 Å². The molecule has 1 atom stereocenters. The Morgan fingerprint density at radius 2 is 1.95 bits per heavy atom. The van der Waals surface area contributed by atoms with E-state index >= 15 is 0 Å². The van der Waals surface area contributed by atoms with Crippen molar-refractivity contribution in [3.8, 4) is 11.5 Å². The van der Waals surface area contributed by atoms with Gasteiger partial charge in [0.15, 0.2) is 11.5 Å². The van der Waals surface area contributed by atoms with Crippen molar-refractivity contribution in [2.75, 3.05) is 14.2 Å². The van der Waals surface area contributed by atoms with Crippen LogP contribution in [0.4, 0.5) is 0 Å². The molecule has 3 heteroatoms. The summed E-state index contributed by atoms with van der Waals surface area (Å²) in [7, 11) is 3.23. The zero-order valence-electron chi connectivity index (χ0n) is 12.9. The number of ketones is 1. The second-order valence-corrected chi connectivity index (χ2v) is 6.27. The first kappa shape index (κ1) is 14.9. The average Bonchev–Trinajstić information content (AvgIpc) is 2.78. The fraction of sp³-hybridized carbons (Fsp3) is 0.588. The molecule has 0 aliphatic heterocycles. The van der Waals surface area contributed by atoms with E-state index in [0.29, 0.717) is 23.7 Å². The molecule has 0 spiro atoms. The number of ether oxygens (including phenoxy) is 2. The predicted molar refractivity (Wildman–Crippen MR) is 79.4 cm³/mol. The van der Waals surface area contributed by atoms with Crippen LogP contribution in [0, 0.1) is 11.3 Å². The first-order valence-corrected chi connectivity index (χ1v) is 7.21. The van der Waals surface area contributed by atoms with Gasteiger partial charge in [0, 0.05) is 12.3 Å². The van der Waals surface area contributed by atoms with E-state index in [9.17, 15) is 4.79 Å². The molecule has 3 nitrogen and oxygen atoms in total. The lowest BCUT2D eigenvalue weighted by atomic mass is 9.78. The maximum absolute atomic E-state index is 12.5. The number of carbonyl (C=O) groups excluding carboxylic acids is 1. The van der Waals surface area contributed by atoms with Gasteiger partial charge in [0.25, 0.3) is 0 Å². The van der Waals surface area contributed by atoms with Gasteiger partial charge in [0.1, 0.15) is 5.78 Å². The molecule has 1 aliphatic carbocycles. The van der Waals surface area contributed by atoms with Crippen LogP contribution >= 0.6 is 0 Å². The number of methoxy groups -OCH3 is 2. The molecule has 0 radical (unpaired) electrons. The first-order valence-electron chi connectivity index (χ1n) is 7.21. The molecule has 0 amide bonds. The Labute approximate surface area is 121 Å². The van der Waals surface area contributed by atoms with Gasteiger partial charge in [-0.15, -0.1) is 0 Å². The van der Waals surface area contributed by atoms with Crippen LogP contribution in [0.15, 0.2) is 18.2 Å². The van der Waals surface area contributed by atoms with Gasteiger partial charge < -0.3 is 9.47 Å². The van der Waals surface area contributed by atoms with Crippen LogP contribution in [-0.2, 0) is 11.2 Å². The molecule has 20 heavy (non-hydrogen) atoms. The van der Waals surface area contributed by atoms with Crippen LogP contribution in [0.1, 0.15) is 38.7 Å². The minimum absolute atomic E-state index is 0.146. The molecule has 0 bridgehead atoms. The van der Waals surface area contributed by atoms with E-state index in [1.807, 2.05) is 18.2 Å². The van der Waals surface area contributed by atoms with Crippen LogP contribution in [0.5, 0.6) is 11.5 Å².